The van der Waals surface area contributed by atoms with E-state index >= 15 is 0 Å². The molecule has 6 nitrogen and oxygen atoms in total. The summed E-state index contributed by atoms with van der Waals surface area (Å²) in [7, 11) is 1.83. The first-order chi connectivity index (χ1) is 15.2. The SMILES string of the molecule is Cn1nc(-c2ccc(-c3ccccc3)cc2)c(O)c1-c1nc2cc3c(cc2[nH]1)CNC3. The molecule has 31 heavy (non-hydrogen) atoms. The number of aromatic nitrogens is 4. The number of nitrogens with zero attached hydrogens (tertiary/aromatic N) is 3. The minimum Gasteiger partial charge on any atom is -0.504 e. The summed E-state index contributed by atoms with van der Waals surface area (Å²) >= 11 is 0. The van der Waals surface area contributed by atoms with Crippen molar-refractivity contribution < 1.29 is 5.11 Å². The molecule has 3 N–H and O–H groups in total. The number of hydrogen-bond donors (Lipinski definition) is 3. The third-order valence-electron chi connectivity index (χ3n) is 5.95. The Bertz CT molecular complexity index is 1370. The van der Waals surface area contributed by atoms with Gasteiger partial charge in [-0.1, -0.05) is 54.6 Å². The molecule has 6 heteroatoms. The third kappa shape index (κ3) is 2.92. The Morgan fingerprint density at radius 2 is 1.55 bits per heavy atom. The van der Waals surface area contributed by atoms with E-state index in [1.807, 2.05) is 37.4 Å². The molecule has 0 spiro atoms. The maximum atomic E-state index is 11.0. The number of rotatable bonds is 3. The van der Waals surface area contributed by atoms with Crippen LogP contribution in [0.1, 0.15) is 11.1 Å². The molecule has 0 saturated heterocycles. The van der Waals surface area contributed by atoms with E-state index < -0.39 is 0 Å². The number of fused-ring (bicyclic) bond motifs is 2. The first-order valence-electron chi connectivity index (χ1n) is 10.3. The van der Waals surface area contributed by atoms with E-state index in [4.69, 9.17) is 4.98 Å². The second kappa shape index (κ2) is 6.82. The van der Waals surface area contributed by atoms with Crippen LogP contribution in [0.2, 0.25) is 0 Å². The van der Waals surface area contributed by atoms with Gasteiger partial charge in [0.15, 0.2) is 11.6 Å². The molecule has 3 aromatic carbocycles. The van der Waals surface area contributed by atoms with Crippen LogP contribution in [-0.4, -0.2) is 24.9 Å². The molecule has 0 atom stereocenters. The molecule has 0 amide bonds. The lowest BCUT2D eigenvalue weighted by Crippen LogP contribution is -1.99. The maximum Gasteiger partial charge on any atom is 0.173 e. The van der Waals surface area contributed by atoms with Crippen molar-refractivity contribution in [3.8, 4) is 39.7 Å². The van der Waals surface area contributed by atoms with E-state index in [1.165, 1.54) is 11.1 Å². The van der Waals surface area contributed by atoms with Crippen LogP contribution in [0.3, 0.4) is 0 Å². The molecule has 2 aromatic heterocycles. The molecule has 1 aliphatic rings. The maximum absolute atomic E-state index is 11.0. The van der Waals surface area contributed by atoms with Gasteiger partial charge in [-0.15, -0.1) is 0 Å². The van der Waals surface area contributed by atoms with Gasteiger partial charge in [-0.05, 0) is 34.4 Å². The van der Waals surface area contributed by atoms with Gasteiger partial charge in [0.2, 0.25) is 0 Å². The first-order valence-corrected chi connectivity index (χ1v) is 10.3. The van der Waals surface area contributed by atoms with E-state index in [-0.39, 0.29) is 5.75 Å². The highest BCUT2D eigenvalue weighted by molar-refractivity contribution is 5.84. The van der Waals surface area contributed by atoms with Crippen LogP contribution < -0.4 is 5.32 Å². The van der Waals surface area contributed by atoms with Gasteiger partial charge in [0.1, 0.15) is 11.4 Å². The smallest absolute Gasteiger partial charge is 0.173 e. The summed E-state index contributed by atoms with van der Waals surface area (Å²) in [6.45, 7) is 1.74. The highest BCUT2D eigenvalue weighted by atomic mass is 16.3. The fourth-order valence-corrected chi connectivity index (χ4v) is 4.34. The molecule has 0 saturated carbocycles. The van der Waals surface area contributed by atoms with Crippen LogP contribution in [0.15, 0.2) is 66.7 Å². The zero-order chi connectivity index (χ0) is 20.9. The Morgan fingerprint density at radius 3 is 2.32 bits per heavy atom. The van der Waals surface area contributed by atoms with Crippen molar-refractivity contribution in [1.29, 1.82) is 0 Å². The summed E-state index contributed by atoms with van der Waals surface area (Å²) in [5, 5.41) is 19.0. The Hall–Kier alpha value is -3.90. The fourth-order valence-electron chi connectivity index (χ4n) is 4.34. The number of aromatic amines is 1. The normalized spacial score (nSPS) is 13.1. The van der Waals surface area contributed by atoms with Crippen LogP contribution in [0.4, 0.5) is 0 Å². The zero-order valence-corrected chi connectivity index (χ0v) is 17.1. The van der Waals surface area contributed by atoms with Crippen molar-refractivity contribution in [2.75, 3.05) is 0 Å². The molecule has 0 unspecified atom stereocenters. The Morgan fingerprint density at radius 1 is 0.871 bits per heavy atom. The standard InChI is InChI=1S/C25H21N5O/c1-30-23(25-27-20-11-18-13-26-14-19(18)12-21(20)28-25)24(31)22(29-30)17-9-7-16(8-10-17)15-5-3-2-4-6-15/h2-12,26,31H,13-14H2,1H3,(H,27,28). The van der Waals surface area contributed by atoms with Crippen LogP contribution >= 0.6 is 0 Å². The van der Waals surface area contributed by atoms with Crippen LogP contribution in [-0.2, 0) is 20.1 Å². The average molecular weight is 407 g/mol. The lowest BCUT2D eigenvalue weighted by Gasteiger charge is -2.03. The minimum atomic E-state index is 0.128. The predicted molar refractivity (Wildman–Crippen MR) is 121 cm³/mol. The highest BCUT2D eigenvalue weighted by Gasteiger charge is 2.22. The van der Waals surface area contributed by atoms with Crippen LogP contribution in [0, 0.1) is 0 Å². The number of H-pyrrole nitrogens is 1. The lowest BCUT2D eigenvalue weighted by molar-refractivity contribution is 0.478. The van der Waals surface area contributed by atoms with E-state index in [9.17, 15) is 5.11 Å². The Labute approximate surface area is 179 Å². The van der Waals surface area contributed by atoms with Gasteiger partial charge >= 0.3 is 0 Å². The zero-order valence-electron chi connectivity index (χ0n) is 17.1. The highest BCUT2D eigenvalue weighted by Crippen LogP contribution is 2.38. The van der Waals surface area contributed by atoms with Crippen molar-refractivity contribution in [2.24, 2.45) is 7.05 Å². The number of benzene rings is 3. The molecule has 0 fully saturated rings. The molecule has 5 aromatic rings. The van der Waals surface area contributed by atoms with Crippen molar-refractivity contribution in [2.45, 2.75) is 13.1 Å². The summed E-state index contributed by atoms with van der Waals surface area (Å²) in [5.74, 6) is 0.745. The largest absolute Gasteiger partial charge is 0.504 e. The predicted octanol–water partition coefficient (Wildman–Crippen LogP) is 4.61. The summed E-state index contributed by atoms with van der Waals surface area (Å²) < 4.78 is 1.68. The molecule has 3 heterocycles. The number of hydrogen-bond acceptors (Lipinski definition) is 4. The molecule has 0 bridgehead atoms. The lowest BCUT2D eigenvalue weighted by atomic mass is 10.0. The Kier molecular flexibility index (Phi) is 3.94. The summed E-state index contributed by atoms with van der Waals surface area (Å²) in [5.41, 5.74) is 8.69. The molecule has 0 radical (unpaired) electrons. The fraction of sp³-hybridized carbons (Fsp3) is 0.120. The van der Waals surface area contributed by atoms with Gasteiger partial charge in [0.05, 0.1) is 11.0 Å². The molecule has 1 aliphatic heterocycles. The molecular formula is C25H21N5O. The number of imidazole rings is 1. The average Bonchev–Trinajstić information content (AvgIpc) is 3.49. The second-order valence-electron chi connectivity index (χ2n) is 7.94. The van der Waals surface area contributed by atoms with Crippen molar-refractivity contribution >= 4 is 11.0 Å². The number of aryl methyl sites for hydroxylation is 1. The molecular weight excluding hydrogens is 386 g/mol. The number of aromatic hydroxyl groups is 1. The first kappa shape index (κ1) is 17.9. The van der Waals surface area contributed by atoms with Gasteiger partial charge < -0.3 is 15.4 Å². The second-order valence-corrected chi connectivity index (χ2v) is 7.94. The van der Waals surface area contributed by atoms with Gasteiger partial charge in [0.25, 0.3) is 0 Å². The molecule has 6 rings (SSSR count). The summed E-state index contributed by atoms with van der Waals surface area (Å²) in [6, 6.07) is 22.6. The monoisotopic (exact) mass is 407 g/mol. The van der Waals surface area contributed by atoms with Crippen LogP contribution in [0.25, 0.3) is 44.9 Å². The number of nitrogens with one attached hydrogen (secondary N) is 2. The van der Waals surface area contributed by atoms with Gasteiger partial charge in [0, 0.05) is 25.7 Å². The topological polar surface area (TPSA) is 78.8 Å². The quantitative estimate of drug-likeness (QED) is 0.408. The Balaban J connectivity index is 1.39. The van der Waals surface area contributed by atoms with E-state index in [0.29, 0.717) is 17.2 Å². The van der Waals surface area contributed by atoms with Crippen molar-refractivity contribution in [1.82, 2.24) is 25.1 Å². The summed E-state index contributed by atoms with van der Waals surface area (Å²) in [4.78, 5) is 8.10. The van der Waals surface area contributed by atoms with Crippen molar-refractivity contribution in [3.05, 3.63) is 77.9 Å². The van der Waals surface area contributed by atoms with Gasteiger partial charge in [-0.25, -0.2) is 4.98 Å². The third-order valence-corrected chi connectivity index (χ3v) is 5.95. The van der Waals surface area contributed by atoms with Crippen molar-refractivity contribution in [3.63, 3.8) is 0 Å². The van der Waals surface area contributed by atoms with Crippen LogP contribution in [0.5, 0.6) is 5.75 Å². The van der Waals surface area contributed by atoms with E-state index in [1.54, 1.807) is 4.68 Å². The molecule has 0 aliphatic carbocycles. The van der Waals surface area contributed by atoms with E-state index in [2.05, 4.69) is 51.8 Å². The van der Waals surface area contributed by atoms with Gasteiger partial charge in [-0.3, -0.25) is 4.68 Å². The van der Waals surface area contributed by atoms with Gasteiger partial charge in [-0.2, -0.15) is 5.10 Å². The molecule has 152 valence electrons. The minimum absolute atomic E-state index is 0.128. The summed E-state index contributed by atoms with van der Waals surface area (Å²) in [6.07, 6.45) is 0. The van der Waals surface area contributed by atoms with E-state index in [0.717, 1.165) is 40.8 Å².